The van der Waals surface area contributed by atoms with Crippen LogP contribution in [0.25, 0.3) is 0 Å². The molecule has 0 aliphatic rings. The zero-order valence-corrected chi connectivity index (χ0v) is 8.24. The van der Waals surface area contributed by atoms with Gasteiger partial charge >= 0.3 is 6.09 Å². The molecule has 1 rings (SSSR count). The van der Waals surface area contributed by atoms with Crippen molar-refractivity contribution < 1.29 is 19.0 Å². The van der Waals surface area contributed by atoms with Crippen LogP contribution in [0.4, 0.5) is 9.18 Å². The van der Waals surface area contributed by atoms with E-state index in [1.807, 2.05) is 0 Å². The molecule has 15 heavy (non-hydrogen) atoms. The molecule has 0 saturated carbocycles. The smallest absolute Gasteiger partial charge is 0.407 e. The third-order valence-corrected chi connectivity index (χ3v) is 2.04. The molecule has 1 amide bonds. The Morgan fingerprint density at radius 2 is 2.07 bits per heavy atom. The molecule has 4 nitrogen and oxygen atoms in total. The molecule has 0 bridgehead atoms. The van der Waals surface area contributed by atoms with Gasteiger partial charge in [0.1, 0.15) is 5.82 Å². The molecule has 1 atom stereocenters. The first-order valence-electron chi connectivity index (χ1n) is 4.45. The molecule has 0 spiro atoms. The van der Waals surface area contributed by atoms with Crippen molar-refractivity contribution in [2.75, 3.05) is 0 Å². The minimum Gasteiger partial charge on any atom is -0.413 e. The third kappa shape index (κ3) is 2.66. The molecule has 82 valence electrons. The van der Waals surface area contributed by atoms with Crippen LogP contribution in [-0.2, 0) is 10.5 Å². The van der Waals surface area contributed by atoms with Crippen LogP contribution in [0.1, 0.15) is 18.9 Å². The average Bonchev–Trinajstić information content (AvgIpc) is 2.17. The summed E-state index contributed by atoms with van der Waals surface area (Å²) >= 11 is 0. The maximum Gasteiger partial charge on any atom is 0.407 e. The molecule has 0 fully saturated rings. The summed E-state index contributed by atoms with van der Waals surface area (Å²) in [5, 5.41) is 9.91. The fourth-order valence-corrected chi connectivity index (χ4v) is 1.21. The minimum absolute atomic E-state index is 0.127. The average molecular weight is 213 g/mol. The summed E-state index contributed by atoms with van der Waals surface area (Å²) in [7, 11) is 0. The highest BCUT2D eigenvalue weighted by Crippen LogP contribution is 2.26. The molecule has 0 heterocycles. The zero-order chi connectivity index (χ0) is 11.5. The second kappa shape index (κ2) is 4.27. The van der Waals surface area contributed by atoms with E-state index in [0.29, 0.717) is 0 Å². The number of benzene rings is 1. The van der Waals surface area contributed by atoms with E-state index in [2.05, 4.69) is 4.74 Å². The predicted octanol–water partition coefficient (Wildman–Crippen LogP) is 1.48. The Morgan fingerprint density at radius 1 is 1.53 bits per heavy atom. The van der Waals surface area contributed by atoms with Crippen LogP contribution in [0.2, 0.25) is 0 Å². The number of amides is 1. The van der Waals surface area contributed by atoms with E-state index in [1.54, 1.807) is 6.92 Å². The Bertz CT molecular complexity index is 352. The number of primary amides is 1. The molecule has 0 radical (unpaired) electrons. The van der Waals surface area contributed by atoms with E-state index in [-0.39, 0.29) is 12.0 Å². The number of nitrogens with two attached hydrogens (primary N) is 1. The second-order valence-corrected chi connectivity index (χ2v) is 3.07. The fraction of sp³-hybridized carbons (Fsp3) is 0.300. The summed E-state index contributed by atoms with van der Waals surface area (Å²) in [6.45, 7) is 1.62. The Kier molecular flexibility index (Phi) is 3.26. The minimum atomic E-state index is -1.79. The van der Waals surface area contributed by atoms with E-state index in [9.17, 15) is 14.3 Å². The SMILES string of the molecule is CC[C@@](O)(OC(N)=O)c1ccc(F)cc1. The van der Waals surface area contributed by atoms with Gasteiger partial charge in [-0.25, -0.2) is 9.18 Å². The van der Waals surface area contributed by atoms with Crippen LogP contribution in [-0.4, -0.2) is 11.2 Å². The summed E-state index contributed by atoms with van der Waals surface area (Å²) in [4.78, 5) is 10.6. The van der Waals surface area contributed by atoms with Crippen molar-refractivity contribution in [3.8, 4) is 0 Å². The van der Waals surface area contributed by atoms with Crippen molar-refractivity contribution in [1.29, 1.82) is 0 Å². The van der Waals surface area contributed by atoms with Gasteiger partial charge in [-0.05, 0) is 24.3 Å². The van der Waals surface area contributed by atoms with Crippen LogP contribution in [0.3, 0.4) is 0 Å². The number of aliphatic hydroxyl groups is 1. The van der Waals surface area contributed by atoms with E-state index in [0.717, 1.165) is 0 Å². The fourth-order valence-electron chi connectivity index (χ4n) is 1.21. The first kappa shape index (κ1) is 11.5. The molecule has 0 aliphatic heterocycles. The van der Waals surface area contributed by atoms with Gasteiger partial charge in [0.15, 0.2) is 0 Å². The van der Waals surface area contributed by atoms with Crippen LogP contribution >= 0.6 is 0 Å². The summed E-state index contributed by atoms with van der Waals surface area (Å²) < 4.78 is 17.2. The number of carbonyl (C=O) groups is 1. The van der Waals surface area contributed by atoms with Gasteiger partial charge in [-0.1, -0.05) is 6.92 Å². The summed E-state index contributed by atoms with van der Waals surface area (Å²) in [5.74, 6) is -2.23. The normalized spacial score (nSPS) is 14.3. The Labute approximate surface area is 86.5 Å². The lowest BCUT2D eigenvalue weighted by Crippen LogP contribution is -2.33. The molecule has 0 unspecified atom stereocenters. The van der Waals surface area contributed by atoms with Gasteiger partial charge in [0, 0.05) is 12.0 Å². The summed E-state index contributed by atoms with van der Waals surface area (Å²) in [5.41, 5.74) is 5.11. The topological polar surface area (TPSA) is 72.6 Å². The van der Waals surface area contributed by atoms with Gasteiger partial charge < -0.3 is 15.6 Å². The number of carbonyl (C=O) groups excluding carboxylic acids is 1. The lowest BCUT2D eigenvalue weighted by molar-refractivity contribution is -0.170. The molecular formula is C10H12FNO3. The maximum atomic E-state index is 12.6. The van der Waals surface area contributed by atoms with Crippen molar-refractivity contribution in [2.24, 2.45) is 5.73 Å². The van der Waals surface area contributed by atoms with Gasteiger partial charge in [0.25, 0.3) is 0 Å². The highest BCUT2D eigenvalue weighted by Gasteiger charge is 2.31. The number of ether oxygens (including phenoxy) is 1. The molecule has 0 aromatic heterocycles. The van der Waals surface area contributed by atoms with Crippen molar-refractivity contribution in [3.63, 3.8) is 0 Å². The maximum absolute atomic E-state index is 12.6. The lowest BCUT2D eigenvalue weighted by atomic mass is 10.0. The Hall–Kier alpha value is -1.62. The van der Waals surface area contributed by atoms with Crippen LogP contribution in [0.15, 0.2) is 24.3 Å². The highest BCUT2D eigenvalue weighted by molar-refractivity contribution is 5.65. The van der Waals surface area contributed by atoms with Crippen molar-refractivity contribution in [2.45, 2.75) is 19.1 Å². The van der Waals surface area contributed by atoms with E-state index in [1.165, 1.54) is 24.3 Å². The Morgan fingerprint density at radius 3 is 2.47 bits per heavy atom. The summed E-state index contributed by atoms with van der Waals surface area (Å²) in [6, 6.07) is 5.00. The zero-order valence-electron chi connectivity index (χ0n) is 8.24. The molecule has 1 aromatic rings. The Balaban J connectivity index is 3.00. The highest BCUT2D eigenvalue weighted by atomic mass is 19.1. The van der Waals surface area contributed by atoms with Gasteiger partial charge in [-0.15, -0.1) is 0 Å². The standard InChI is InChI=1S/C10H12FNO3/c1-2-10(14,15-9(12)13)7-3-5-8(11)6-4-7/h3-6,14H,2H2,1H3,(H2,12,13)/t10-/m1/s1. The van der Waals surface area contributed by atoms with Gasteiger partial charge in [0.2, 0.25) is 5.79 Å². The van der Waals surface area contributed by atoms with E-state index in [4.69, 9.17) is 5.73 Å². The predicted molar refractivity (Wildman–Crippen MR) is 51.3 cm³/mol. The van der Waals surface area contributed by atoms with Crippen molar-refractivity contribution in [3.05, 3.63) is 35.6 Å². The van der Waals surface area contributed by atoms with Crippen LogP contribution in [0, 0.1) is 5.82 Å². The molecular weight excluding hydrogens is 201 g/mol. The largest absolute Gasteiger partial charge is 0.413 e. The monoisotopic (exact) mass is 213 g/mol. The number of halogens is 1. The van der Waals surface area contributed by atoms with Gasteiger partial charge in [-0.3, -0.25) is 0 Å². The van der Waals surface area contributed by atoms with E-state index < -0.39 is 17.7 Å². The number of hydrogen-bond acceptors (Lipinski definition) is 3. The molecule has 0 saturated heterocycles. The molecule has 5 heteroatoms. The van der Waals surface area contributed by atoms with Crippen molar-refractivity contribution >= 4 is 6.09 Å². The quantitative estimate of drug-likeness (QED) is 0.747. The van der Waals surface area contributed by atoms with Gasteiger partial charge in [0.05, 0.1) is 0 Å². The summed E-state index contributed by atoms with van der Waals surface area (Å²) in [6.07, 6.45) is -0.953. The number of rotatable bonds is 3. The van der Waals surface area contributed by atoms with E-state index >= 15 is 0 Å². The van der Waals surface area contributed by atoms with Crippen molar-refractivity contribution in [1.82, 2.24) is 0 Å². The van der Waals surface area contributed by atoms with Crippen LogP contribution < -0.4 is 5.73 Å². The lowest BCUT2D eigenvalue weighted by Gasteiger charge is -2.25. The first-order chi connectivity index (χ1) is 6.98. The molecule has 1 aromatic carbocycles. The molecule has 0 aliphatic carbocycles. The number of hydrogen-bond donors (Lipinski definition) is 2. The van der Waals surface area contributed by atoms with Crippen LogP contribution in [0.5, 0.6) is 0 Å². The second-order valence-electron chi connectivity index (χ2n) is 3.07. The third-order valence-electron chi connectivity index (χ3n) is 2.04. The van der Waals surface area contributed by atoms with Gasteiger partial charge in [-0.2, -0.15) is 0 Å². The molecule has 3 N–H and O–H groups in total. The first-order valence-corrected chi connectivity index (χ1v) is 4.45.